The molecule has 150 valence electrons. The van der Waals surface area contributed by atoms with Gasteiger partial charge in [-0.05, 0) is 69.2 Å². The maximum Gasteiger partial charge on any atom is 0.410 e. The molecule has 0 saturated heterocycles. The van der Waals surface area contributed by atoms with Crippen molar-refractivity contribution in [2.75, 3.05) is 20.2 Å². The van der Waals surface area contributed by atoms with Crippen molar-refractivity contribution in [3.8, 4) is 5.75 Å². The number of hydrogen-bond donors (Lipinski definition) is 0. The third kappa shape index (κ3) is 7.66. The van der Waals surface area contributed by atoms with Crippen LogP contribution in [0.4, 0.5) is 4.79 Å². The number of nitrogens with zero attached hydrogens (tertiary/aromatic N) is 1. The van der Waals surface area contributed by atoms with Crippen LogP contribution in [0.15, 0.2) is 30.8 Å². The fourth-order valence-electron chi connectivity index (χ4n) is 3.25. The van der Waals surface area contributed by atoms with Crippen molar-refractivity contribution >= 4 is 11.7 Å². The number of ether oxygens (including phenoxy) is 2. The third-order valence-corrected chi connectivity index (χ3v) is 4.91. The molecule has 1 aliphatic rings. The standard InChI is InChI=1S/C23H35NO3/c1-18(14-15-24(5)22(25)27-23(2,3)4)20-12-9-13-21(16-20)26-17-19-10-7-6-8-11-19/h9,12-13,16,19H,1,6-8,10-11,14-15,17H2,2-5H3. The van der Waals surface area contributed by atoms with Crippen molar-refractivity contribution in [2.45, 2.75) is 64.9 Å². The molecule has 0 spiro atoms. The van der Waals surface area contributed by atoms with Gasteiger partial charge in [-0.25, -0.2) is 4.79 Å². The molecule has 0 bridgehead atoms. The molecule has 4 nitrogen and oxygen atoms in total. The molecule has 0 aromatic heterocycles. The van der Waals surface area contributed by atoms with Crippen LogP contribution in [0.1, 0.15) is 64.9 Å². The van der Waals surface area contributed by atoms with Gasteiger partial charge in [0, 0.05) is 13.6 Å². The quantitative estimate of drug-likeness (QED) is 0.596. The van der Waals surface area contributed by atoms with Crippen LogP contribution in [0.2, 0.25) is 0 Å². The van der Waals surface area contributed by atoms with Crippen molar-refractivity contribution in [3.05, 3.63) is 36.4 Å². The number of carbonyl (C=O) groups is 1. The van der Waals surface area contributed by atoms with E-state index < -0.39 is 5.60 Å². The summed E-state index contributed by atoms with van der Waals surface area (Å²) in [6.07, 6.45) is 6.98. The molecular formula is C23H35NO3. The van der Waals surface area contributed by atoms with E-state index in [4.69, 9.17) is 9.47 Å². The first kappa shape index (κ1) is 21.3. The molecule has 0 radical (unpaired) electrons. The summed E-state index contributed by atoms with van der Waals surface area (Å²) in [5, 5.41) is 0. The molecule has 1 aliphatic carbocycles. The number of carbonyl (C=O) groups excluding carboxylic acids is 1. The molecule has 2 rings (SSSR count). The second-order valence-corrected chi connectivity index (χ2v) is 8.60. The number of rotatable bonds is 7. The molecule has 0 heterocycles. The molecule has 1 saturated carbocycles. The largest absolute Gasteiger partial charge is 0.493 e. The van der Waals surface area contributed by atoms with Crippen LogP contribution in [0.25, 0.3) is 5.57 Å². The van der Waals surface area contributed by atoms with E-state index in [9.17, 15) is 4.79 Å². The summed E-state index contributed by atoms with van der Waals surface area (Å²) in [6.45, 7) is 11.2. The van der Waals surface area contributed by atoms with Crippen molar-refractivity contribution in [3.63, 3.8) is 0 Å². The van der Waals surface area contributed by atoms with E-state index in [1.54, 1.807) is 11.9 Å². The minimum atomic E-state index is -0.480. The van der Waals surface area contributed by atoms with Gasteiger partial charge in [-0.2, -0.15) is 0 Å². The van der Waals surface area contributed by atoms with Gasteiger partial charge >= 0.3 is 6.09 Å². The lowest BCUT2D eigenvalue weighted by atomic mass is 9.90. The second kappa shape index (κ2) is 9.82. The highest BCUT2D eigenvalue weighted by Gasteiger charge is 2.19. The van der Waals surface area contributed by atoms with Crippen molar-refractivity contribution in [1.29, 1.82) is 0 Å². The molecule has 0 atom stereocenters. The number of amides is 1. The predicted molar refractivity (Wildman–Crippen MR) is 111 cm³/mol. The summed E-state index contributed by atoms with van der Waals surface area (Å²) in [5.41, 5.74) is 1.58. The van der Waals surface area contributed by atoms with Gasteiger partial charge in [0.05, 0.1) is 6.61 Å². The van der Waals surface area contributed by atoms with Crippen molar-refractivity contribution in [2.24, 2.45) is 5.92 Å². The zero-order valence-electron chi connectivity index (χ0n) is 17.4. The first-order valence-corrected chi connectivity index (χ1v) is 10.1. The Hall–Kier alpha value is -1.97. The van der Waals surface area contributed by atoms with Crippen LogP contribution in [-0.4, -0.2) is 36.8 Å². The Morgan fingerprint density at radius 1 is 1.22 bits per heavy atom. The summed E-state index contributed by atoms with van der Waals surface area (Å²) in [7, 11) is 1.76. The minimum absolute atomic E-state index is 0.306. The van der Waals surface area contributed by atoms with E-state index in [2.05, 4.69) is 12.6 Å². The van der Waals surface area contributed by atoms with Gasteiger partial charge < -0.3 is 14.4 Å². The molecule has 1 fully saturated rings. The Morgan fingerprint density at radius 3 is 2.59 bits per heavy atom. The van der Waals surface area contributed by atoms with E-state index in [1.165, 1.54) is 32.1 Å². The highest BCUT2D eigenvalue weighted by Crippen LogP contribution is 2.26. The second-order valence-electron chi connectivity index (χ2n) is 8.60. The predicted octanol–water partition coefficient (Wildman–Crippen LogP) is 5.92. The maximum absolute atomic E-state index is 12.1. The van der Waals surface area contributed by atoms with E-state index in [-0.39, 0.29) is 6.09 Å². The Balaban J connectivity index is 1.82. The molecule has 1 aromatic carbocycles. The zero-order valence-corrected chi connectivity index (χ0v) is 17.4. The van der Waals surface area contributed by atoms with Gasteiger partial charge in [0.1, 0.15) is 11.4 Å². The van der Waals surface area contributed by atoms with Gasteiger partial charge in [-0.3, -0.25) is 0 Å². The van der Waals surface area contributed by atoms with E-state index >= 15 is 0 Å². The fourth-order valence-corrected chi connectivity index (χ4v) is 3.25. The van der Waals surface area contributed by atoms with Crippen LogP contribution >= 0.6 is 0 Å². The van der Waals surface area contributed by atoms with Gasteiger partial charge in [-0.1, -0.05) is 38.0 Å². The summed E-state index contributed by atoms with van der Waals surface area (Å²) in [4.78, 5) is 13.6. The van der Waals surface area contributed by atoms with Gasteiger partial charge in [-0.15, -0.1) is 0 Å². The molecule has 1 amide bonds. The maximum atomic E-state index is 12.1. The summed E-state index contributed by atoms with van der Waals surface area (Å²) < 4.78 is 11.4. The Labute approximate surface area is 164 Å². The Morgan fingerprint density at radius 2 is 1.93 bits per heavy atom. The van der Waals surface area contributed by atoms with Gasteiger partial charge in [0.25, 0.3) is 0 Å². The van der Waals surface area contributed by atoms with Crippen LogP contribution in [0.5, 0.6) is 5.75 Å². The van der Waals surface area contributed by atoms with Crippen LogP contribution in [-0.2, 0) is 4.74 Å². The van der Waals surface area contributed by atoms with Gasteiger partial charge in [0.2, 0.25) is 0 Å². The van der Waals surface area contributed by atoms with Crippen LogP contribution < -0.4 is 4.74 Å². The molecule has 1 aromatic rings. The average Bonchev–Trinajstić information content (AvgIpc) is 2.64. The number of benzene rings is 1. The third-order valence-electron chi connectivity index (χ3n) is 4.91. The van der Waals surface area contributed by atoms with Crippen LogP contribution in [0, 0.1) is 5.92 Å². The van der Waals surface area contributed by atoms with E-state index in [0.717, 1.165) is 23.5 Å². The molecule has 0 unspecified atom stereocenters. The average molecular weight is 374 g/mol. The molecule has 27 heavy (non-hydrogen) atoms. The number of hydrogen-bond acceptors (Lipinski definition) is 3. The summed E-state index contributed by atoms with van der Waals surface area (Å²) in [6, 6.07) is 8.11. The summed E-state index contributed by atoms with van der Waals surface area (Å²) in [5.74, 6) is 1.59. The Bertz CT molecular complexity index is 627. The monoisotopic (exact) mass is 373 g/mol. The molecular weight excluding hydrogens is 338 g/mol. The molecule has 0 N–H and O–H groups in total. The zero-order chi connectivity index (χ0) is 19.9. The van der Waals surface area contributed by atoms with E-state index in [0.29, 0.717) is 18.9 Å². The van der Waals surface area contributed by atoms with Crippen molar-refractivity contribution in [1.82, 2.24) is 4.90 Å². The van der Waals surface area contributed by atoms with Crippen molar-refractivity contribution < 1.29 is 14.3 Å². The molecule has 4 heteroatoms. The SMILES string of the molecule is C=C(CCN(C)C(=O)OC(C)(C)C)c1cccc(OCC2CCCCC2)c1. The summed E-state index contributed by atoms with van der Waals surface area (Å²) >= 11 is 0. The van der Waals surface area contributed by atoms with Gasteiger partial charge in [0.15, 0.2) is 0 Å². The lowest BCUT2D eigenvalue weighted by molar-refractivity contribution is 0.0302. The van der Waals surface area contributed by atoms with E-state index in [1.807, 2.05) is 39.0 Å². The first-order chi connectivity index (χ1) is 12.7. The topological polar surface area (TPSA) is 38.8 Å². The lowest BCUT2D eigenvalue weighted by Crippen LogP contribution is -2.34. The van der Waals surface area contributed by atoms with Crippen LogP contribution in [0.3, 0.4) is 0 Å². The molecule has 0 aliphatic heterocycles. The highest BCUT2D eigenvalue weighted by atomic mass is 16.6. The first-order valence-electron chi connectivity index (χ1n) is 10.1. The fraction of sp³-hybridized carbons (Fsp3) is 0.609. The lowest BCUT2D eigenvalue weighted by Gasteiger charge is -2.25. The Kier molecular flexibility index (Phi) is 7.76. The highest BCUT2D eigenvalue weighted by molar-refractivity contribution is 5.69. The minimum Gasteiger partial charge on any atom is -0.493 e. The smallest absolute Gasteiger partial charge is 0.410 e. The normalized spacial score (nSPS) is 15.3.